The molecule has 0 amide bonds. The first-order chi connectivity index (χ1) is 9.33. The first-order valence-electron chi connectivity index (χ1n) is 7.48. The SMILES string of the molecule is N[C@H]1CC[C@H](N2CCN(c3ccccn3)CC2)CC1. The summed E-state index contributed by atoms with van der Waals surface area (Å²) in [5.74, 6) is 1.12. The maximum absolute atomic E-state index is 5.99. The number of hydrogen-bond donors (Lipinski definition) is 1. The molecule has 1 aromatic heterocycles. The maximum atomic E-state index is 5.99. The molecule has 0 aromatic carbocycles. The third-order valence-corrected chi connectivity index (χ3v) is 4.55. The third-order valence-electron chi connectivity index (χ3n) is 4.55. The molecule has 1 aliphatic heterocycles. The Balaban J connectivity index is 1.52. The Morgan fingerprint density at radius 2 is 1.74 bits per heavy atom. The van der Waals surface area contributed by atoms with Gasteiger partial charge in [-0.25, -0.2) is 4.98 Å². The van der Waals surface area contributed by atoms with Gasteiger partial charge in [0.15, 0.2) is 0 Å². The van der Waals surface area contributed by atoms with E-state index in [1.165, 1.54) is 25.7 Å². The molecule has 3 rings (SSSR count). The van der Waals surface area contributed by atoms with Crippen molar-refractivity contribution in [3.05, 3.63) is 24.4 Å². The highest BCUT2D eigenvalue weighted by Gasteiger charge is 2.27. The molecular weight excluding hydrogens is 236 g/mol. The van der Waals surface area contributed by atoms with Gasteiger partial charge in [0.2, 0.25) is 0 Å². The molecule has 2 fully saturated rings. The van der Waals surface area contributed by atoms with E-state index in [9.17, 15) is 0 Å². The Morgan fingerprint density at radius 3 is 2.37 bits per heavy atom. The summed E-state index contributed by atoms with van der Waals surface area (Å²) in [7, 11) is 0. The maximum Gasteiger partial charge on any atom is 0.128 e. The number of hydrogen-bond acceptors (Lipinski definition) is 4. The van der Waals surface area contributed by atoms with Crippen LogP contribution in [0.15, 0.2) is 24.4 Å². The van der Waals surface area contributed by atoms with Crippen molar-refractivity contribution in [2.24, 2.45) is 5.73 Å². The van der Waals surface area contributed by atoms with Gasteiger partial charge in [-0.05, 0) is 37.8 Å². The molecule has 1 aliphatic carbocycles. The number of piperazine rings is 1. The monoisotopic (exact) mass is 260 g/mol. The van der Waals surface area contributed by atoms with Gasteiger partial charge in [-0.3, -0.25) is 4.90 Å². The zero-order chi connectivity index (χ0) is 13.1. The van der Waals surface area contributed by atoms with E-state index in [1.54, 1.807) is 0 Å². The lowest BCUT2D eigenvalue weighted by Gasteiger charge is -2.41. The summed E-state index contributed by atoms with van der Waals surface area (Å²) in [5, 5.41) is 0. The molecule has 4 nitrogen and oxygen atoms in total. The van der Waals surface area contributed by atoms with Gasteiger partial charge >= 0.3 is 0 Å². The molecule has 0 bridgehead atoms. The lowest BCUT2D eigenvalue weighted by molar-refractivity contribution is 0.142. The molecular formula is C15H24N4. The lowest BCUT2D eigenvalue weighted by Crippen LogP contribution is -2.52. The second-order valence-electron chi connectivity index (χ2n) is 5.78. The minimum atomic E-state index is 0.450. The van der Waals surface area contributed by atoms with E-state index in [2.05, 4.69) is 26.9 Å². The van der Waals surface area contributed by atoms with Gasteiger partial charge in [-0.15, -0.1) is 0 Å². The average molecular weight is 260 g/mol. The van der Waals surface area contributed by atoms with Gasteiger partial charge in [0.25, 0.3) is 0 Å². The van der Waals surface area contributed by atoms with Crippen molar-refractivity contribution in [2.45, 2.75) is 37.8 Å². The van der Waals surface area contributed by atoms with Crippen LogP contribution in [0.2, 0.25) is 0 Å². The molecule has 0 unspecified atom stereocenters. The van der Waals surface area contributed by atoms with Crippen LogP contribution in [0, 0.1) is 0 Å². The fourth-order valence-electron chi connectivity index (χ4n) is 3.32. The van der Waals surface area contributed by atoms with Crippen molar-refractivity contribution in [2.75, 3.05) is 31.1 Å². The van der Waals surface area contributed by atoms with Crippen molar-refractivity contribution in [3.8, 4) is 0 Å². The van der Waals surface area contributed by atoms with E-state index < -0.39 is 0 Å². The van der Waals surface area contributed by atoms with E-state index in [1.807, 2.05) is 12.3 Å². The zero-order valence-electron chi connectivity index (χ0n) is 11.5. The molecule has 19 heavy (non-hydrogen) atoms. The zero-order valence-corrected chi connectivity index (χ0v) is 11.5. The highest BCUT2D eigenvalue weighted by atomic mass is 15.3. The Bertz CT molecular complexity index is 378. The predicted molar refractivity (Wildman–Crippen MR) is 78.3 cm³/mol. The van der Waals surface area contributed by atoms with Crippen LogP contribution >= 0.6 is 0 Å². The quantitative estimate of drug-likeness (QED) is 0.875. The number of aromatic nitrogens is 1. The molecule has 2 heterocycles. The van der Waals surface area contributed by atoms with Crippen LogP contribution in [0.3, 0.4) is 0 Å². The lowest BCUT2D eigenvalue weighted by atomic mass is 9.90. The van der Waals surface area contributed by atoms with Crippen LogP contribution in [-0.4, -0.2) is 48.1 Å². The Labute approximate surface area is 115 Å². The highest BCUT2D eigenvalue weighted by molar-refractivity contribution is 5.38. The molecule has 1 saturated heterocycles. The summed E-state index contributed by atoms with van der Waals surface area (Å²) in [5.41, 5.74) is 5.99. The molecule has 0 atom stereocenters. The third kappa shape index (κ3) is 3.07. The largest absolute Gasteiger partial charge is 0.354 e. The van der Waals surface area contributed by atoms with Crippen molar-refractivity contribution >= 4 is 5.82 Å². The fraction of sp³-hybridized carbons (Fsp3) is 0.667. The number of pyridine rings is 1. The second kappa shape index (κ2) is 5.88. The minimum absolute atomic E-state index is 0.450. The fourth-order valence-corrected chi connectivity index (χ4v) is 3.32. The van der Waals surface area contributed by atoms with E-state index in [0.717, 1.165) is 38.0 Å². The van der Waals surface area contributed by atoms with Crippen molar-refractivity contribution < 1.29 is 0 Å². The molecule has 104 valence electrons. The summed E-state index contributed by atoms with van der Waals surface area (Å²) < 4.78 is 0. The summed E-state index contributed by atoms with van der Waals surface area (Å²) in [6, 6.07) is 7.37. The van der Waals surface area contributed by atoms with Gasteiger partial charge in [0.05, 0.1) is 0 Å². The Morgan fingerprint density at radius 1 is 1.00 bits per heavy atom. The normalized spacial score (nSPS) is 29.4. The summed E-state index contributed by atoms with van der Waals surface area (Å²) in [6.07, 6.45) is 6.84. The van der Waals surface area contributed by atoms with Gasteiger partial charge < -0.3 is 10.6 Å². The molecule has 0 radical (unpaired) electrons. The Kier molecular flexibility index (Phi) is 3.99. The number of rotatable bonds is 2. The molecule has 1 saturated carbocycles. The van der Waals surface area contributed by atoms with Crippen LogP contribution in [-0.2, 0) is 0 Å². The molecule has 4 heteroatoms. The van der Waals surface area contributed by atoms with Gasteiger partial charge in [0, 0.05) is 44.5 Å². The van der Waals surface area contributed by atoms with E-state index in [0.29, 0.717) is 6.04 Å². The first-order valence-corrected chi connectivity index (χ1v) is 7.48. The van der Waals surface area contributed by atoms with Gasteiger partial charge in [-0.2, -0.15) is 0 Å². The van der Waals surface area contributed by atoms with Crippen molar-refractivity contribution in [3.63, 3.8) is 0 Å². The van der Waals surface area contributed by atoms with Crippen molar-refractivity contribution in [1.82, 2.24) is 9.88 Å². The highest BCUT2D eigenvalue weighted by Crippen LogP contribution is 2.24. The molecule has 1 aromatic rings. The van der Waals surface area contributed by atoms with E-state index in [-0.39, 0.29) is 0 Å². The van der Waals surface area contributed by atoms with E-state index in [4.69, 9.17) is 5.73 Å². The standard InChI is InChI=1S/C15H24N4/c16-13-4-6-14(7-5-13)18-9-11-19(12-10-18)15-3-1-2-8-17-15/h1-3,8,13-14H,4-7,9-12,16H2/t13-,14-. The van der Waals surface area contributed by atoms with Gasteiger partial charge in [0.1, 0.15) is 5.82 Å². The van der Waals surface area contributed by atoms with Crippen molar-refractivity contribution in [1.29, 1.82) is 0 Å². The average Bonchev–Trinajstić information content (AvgIpc) is 2.49. The van der Waals surface area contributed by atoms with Crippen LogP contribution in [0.5, 0.6) is 0 Å². The molecule has 2 N–H and O–H groups in total. The topological polar surface area (TPSA) is 45.4 Å². The summed E-state index contributed by atoms with van der Waals surface area (Å²) in [6.45, 7) is 4.52. The molecule has 0 spiro atoms. The summed E-state index contributed by atoms with van der Waals surface area (Å²) >= 11 is 0. The number of nitrogens with zero attached hydrogens (tertiary/aromatic N) is 3. The minimum Gasteiger partial charge on any atom is -0.354 e. The van der Waals surface area contributed by atoms with E-state index >= 15 is 0 Å². The first kappa shape index (κ1) is 12.9. The molecule has 2 aliphatic rings. The van der Waals surface area contributed by atoms with Crippen LogP contribution in [0.25, 0.3) is 0 Å². The number of anilines is 1. The smallest absolute Gasteiger partial charge is 0.128 e. The second-order valence-corrected chi connectivity index (χ2v) is 5.78. The predicted octanol–water partition coefficient (Wildman–Crippen LogP) is 1.47. The van der Waals surface area contributed by atoms with Crippen LogP contribution < -0.4 is 10.6 Å². The van der Waals surface area contributed by atoms with Crippen LogP contribution in [0.4, 0.5) is 5.82 Å². The number of nitrogens with two attached hydrogens (primary N) is 1. The van der Waals surface area contributed by atoms with Crippen LogP contribution in [0.1, 0.15) is 25.7 Å². The summed E-state index contributed by atoms with van der Waals surface area (Å²) in [4.78, 5) is 9.49. The Hall–Kier alpha value is -1.13. The van der Waals surface area contributed by atoms with Gasteiger partial charge in [-0.1, -0.05) is 6.07 Å².